The molecule has 0 bridgehead atoms. The van der Waals surface area contributed by atoms with Gasteiger partial charge in [0.25, 0.3) is 5.91 Å². The van der Waals surface area contributed by atoms with Crippen molar-refractivity contribution in [1.82, 2.24) is 15.5 Å². The van der Waals surface area contributed by atoms with Crippen LogP contribution >= 0.6 is 11.3 Å². The summed E-state index contributed by atoms with van der Waals surface area (Å²) >= 11 is 1.60. The van der Waals surface area contributed by atoms with Crippen LogP contribution in [0.3, 0.4) is 0 Å². The van der Waals surface area contributed by atoms with Crippen molar-refractivity contribution in [2.24, 2.45) is 0 Å². The molecule has 2 amide bonds. The molecule has 2 aromatic heterocycles. The molecule has 3 aromatic rings. The van der Waals surface area contributed by atoms with Gasteiger partial charge in [0.1, 0.15) is 18.0 Å². The van der Waals surface area contributed by atoms with E-state index in [1.807, 2.05) is 35.7 Å². The van der Waals surface area contributed by atoms with Crippen molar-refractivity contribution in [2.45, 2.75) is 25.0 Å². The molecular formula is C20H20N4O3S. The summed E-state index contributed by atoms with van der Waals surface area (Å²) in [6.07, 6.45) is 2.32. The maximum atomic E-state index is 12.8. The molecule has 0 radical (unpaired) electrons. The lowest BCUT2D eigenvalue weighted by Gasteiger charge is -2.24. The van der Waals surface area contributed by atoms with E-state index in [9.17, 15) is 9.59 Å². The van der Waals surface area contributed by atoms with Gasteiger partial charge in [-0.1, -0.05) is 30.3 Å². The van der Waals surface area contributed by atoms with Gasteiger partial charge < -0.3 is 15.4 Å². The molecule has 0 aliphatic carbocycles. The van der Waals surface area contributed by atoms with Crippen LogP contribution in [0.15, 0.2) is 54.0 Å². The van der Waals surface area contributed by atoms with E-state index in [0.29, 0.717) is 18.0 Å². The minimum atomic E-state index is -0.816. The molecule has 0 spiro atoms. The fraction of sp³-hybridized carbons (Fsp3) is 0.250. The van der Waals surface area contributed by atoms with Crippen molar-refractivity contribution >= 4 is 29.0 Å². The molecule has 0 saturated carbocycles. The lowest BCUT2D eigenvalue weighted by Crippen LogP contribution is -2.38. The Hall–Kier alpha value is -2.97. The Kier molecular flexibility index (Phi) is 5.50. The maximum absolute atomic E-state index is 12.8. The minimum Gasteiger partial charge on any atom is -0.372 e. The smallest absolute Gasteiger partial charge is 0.252 e. The van der Waals surface area contributed by atoms with Crippen molar-refractivity contribution < 1.29 is 14.3 Å². The summed E-state index contributed by atoms with van der Waals surface area (Å²) < 4.78 is 5.80. The van der Waals surface area contributed by atoms with E-state index in [1.165, 1.54) is 5.56 Å². The largest absolute Gasteiger partial charge is 0.372 e. The van der Waals surface area contributed by atoms with Crippen LogP contribution in [-0.4, -0.2) is 28.6 Å². The SMILES string of the molecule is O=C(C[C@@H]1OCCc2ccsc21)N[C@H](C(=O)Nc1ccn[nH]1)c1ccccc1. The van der Waals surface area contributed by atoms with Gasteiger partial charge in [0.2, 0.25) is 5.91 Å². The number of thiophene rings is 1. The standard InChI is InChI=1S/C20H20N4O3S/c25-17(12-15-19-14(7-10-27-15)8-11-28-19)23-18(13-4-2-1-3-5-13)20(26)22-16-6-9-21-24-16/h1-6,8-9,11,15,18H,7,10,12H2,(H,23,25)(H2,21,22,24,26)/t15-,18-/m0/s1. The molecule has 3 heterocycles. The van der Waals surface area contributed by atoms with Crippen molar-refractivity contribution in [3.8, 4) is 0 Å². The van der Waals surface area contributed by atoms with Crippen LogP contribution in [0.2, 0.25) is 0 Å². The van der Waals surface area contributed by atoms with E-state index >= 15 is 0 Å². The number of nitrogens with zero attached hydrogens (tertiary/aromatic N) is 1. The van der Waals surface area contributed by atoms with Crippen molar-refractivity contribution in [2.75, 3.05) is 11.9 Å². The van der Waals surface area contributed by atoms with E-state index in [-0.39, 0.29) is 24.3 Å². The second-order valence-electron chi connectivity index (χ2n) is 6.49. The first-order valence-corrected chi connectivity index (χ1v) is 9.91. The van der Waals surface area contributed by atoms with Crippen LogP contribution in [0.25, 0.3) is 0 Å². The normalized spacial score (nSPS) is 16.8. The molecule has 28 heavy (non-hydrogen) atoms. The predicted octanol–water partition coefficient (Wildman–Crippen LogP) is 2.97. The summed E-state index contributed by atoms with van der Waals surface area (Å²) in [6, 6.07) is 12.1. The number of hydrogen-bond donors (Lipinski definition) is 3. The highest BCUT2D eigenvalue weighted by atomic mass is 32.1. The number of aromatic amines is 1. The van der Waals surface area contributed by atoms with Gasteiger partial charge in [-0.2, -0.15) is 5.10 Å². The van der Waals surface area contributed by atoms with Crippen LogP contribution in [0.5, 0.6) is 0 Å². The highest BCUT2D eigenvalue weighted by Gasteiger charge is 2.28. The lowest BCUT2D eigenvalue weighted by molar-refractivity contribution is -0.129. The molecule has 0 fully saturated rings. The zero-order valence-corrected chi connectivity index (χ0v) is 15.9. The first-order chi connectivity index (χ1) is 13.7. The molecule has 4 rings (SSSR count). The summed E-state index contributed by atoms with van der Waals surface area (Å²) in [5.41, 5.74) is 1.94. The fourth-order valence-electron chi connectivity index (χ4n) is 3.24. The summed E-state index contributed by atoms with van der Waals surface area (Å²) in [5, 5.41) is 14.1. The molecule has 0 saturated heterocycles. The van der Waals surface area contributed by atoms with Gasteiger partial charge in [-0.05, 0) is 29.0 Å². The molecule has 3 N–H and O–H groups in total. The van der Waals surface area contributed by atoms with E-state index in [4.69, 9.17) is 4.74 Å². The van der Waals surface area contributed by atoms with Gasteiger partial charge in [-0.15, -0.1) is 11.3 Å². The first kappa shape index (κ1) is 18.4. The number of anilines is 1. The van der Waals surface area contributed by atoms with Crippen LogP contribution < -0.4 is 10.6 Å². The van der Waals surface area contributed by atoms with Crippen molar-refractivity contribution in [1.29, 1.82) is 0 Å². The van der Waals surface area contributed by atoms with Crippen molar-refractivity contribution in [3.05, 3.63) is 70.0 Å². The third-order valence-corrected chi connectivity index (χ3v) is 5.64. The monoisotopic (exact) mass is 396 g/mol. The first-order valence-electron chi connectivity index (χ1n) is 9.03. The predicted molar refractivity (Wildman–Crippen MR) is 106 cm³/mol. The number of amides is 2. The van der Waals surface area contributed by atoms with Gasteiger partial charge in [0, 0.05) is 10.9 Å². The van der Waals surface area contributed by atoms with Gasteiger partial charge in [-0.3, -0.25) is 14.7 Å². The number of H-pyrrole nitrogens is 1. The number of rotatable bonds is 6. The maximum Gasteiger partial charge on any atom is 0.252 e. The fourth-order valence-corrected chi connectivity index (χ4v) is 4.24. The molecule has 1 aromatic carbocycles. The third-order valence-electron chi connectivity index (χ3n) is 4.59. The quantitative estimate of drug-likeness (QED) is 0.597. The van der Waals surface area contributed by atoms with Gasteiger partial charge in [0.05, 0.1) is 19.2 Å². The van der Waals surface area contributed by atoms with E-state index in [2.05, 4.69) is 26.9 Å². The number of hydrogen-bond acceptors (Lipinski definition) is 5. The second kappa shape index (κ2) is 8.37. The zero-order chi connectivity index (χ0) is 19.3. The number of fused-ring (bicyclic) bond motifs is 1. The average molecular weight is 396 g/mol. The highest BCUT2D eigenvalue weighted by Crippen LogP contribution is 2.34. The van der Waals surface area contributed by atoms with Gasteiger partial charge >= 0.3 is 0 Å². The van der Waals surface area contributed by atoms with Crippen molar-refractivity contribution in [3.63, 3.8) is 0 Å². The number of carbonyl (C=O) groups excluding carboxylic acids is 2. The highest BCUT2D eigenvalue weighted by molar-refractivity contribution is 7.10. The van der Waals surface area contributed by atoms with E-state index < -0.39 is 6.04 Å². The number of benzene rings is 1. The number of nitrogens with one attached hydrogen (secondary N) is 3. The summed E-state index contributed by atoms with van der Waals surface area (Å²) in [6.45, 7) is 0.601. The number of carbonyl (C=O) groups is 2. The van der Waals surface area contributed by atoms with Crippen LogP contribution in [0.1, 0.15) is 34.6 Å². The van der Waals surface area contributed by atoms with Crippen LogP contribution in [-0.2, 0) is 20.7 Å². The molecule has 0 unspecified atom stereocenters. The Morgan fingerprint density at radius 2 is 2.11 bits per heavy atom. The Morgan fingerprint density at radius 1 is 1.25 bits per heavy atom. The van der Waals surface area contributed by atoms with Gasteiger partial charge in [0.15, 0.2) is 0 Å². The summed E-state index contributed by atoms with van der Waals surface area (Å²) in [7, 11) is 0. The summed E-state index contributed by atoms with van der Waals surface area (Å²) in [5.74, 6) is -0.107. The topological polar surface area (TPSA) is 96.1 Å². The lowest BCUT2D eigenvalue weighted by atomic mass is 10.0. The molecule has 2 atom stereocenters. The zero-order valence-electron chi connectivity index (χ0n) is 15.1. The third kappa shape index (κ3) is 4.13. The second-order valence-corrected chi connectivity index (χ2v) is 7.44. The average Bonchev–Trinajstić information content (AvgIpc) is 3.39. The molecule has 144 valence electrons. The van der Waals surface area contributed by atoms with Crippen LogP contribution in [0.4, 0.5) is 5.82 Å². The Labute approximate surface area is 166 Å². The molecule has 1 aliphatic heterocycles. The number of aromatic nitrogens is 2. The minimum absolute atomic E-state index is 0.175. The van der Waals surface area contributed by atoms with Crippen LogP contribution in [0, 0.1) is 0 Å². The molecule has 8 heteroatoms. The van der Waals surface area contributed by atoms with E-state index in [0.717, 1.165) is 11.3 Å². The molecule has 1 aliphatic rings. The Balaban J connectivity index is 1.48. The molecule has 7 nitrogen and oxygen atoms in total. The Bertz CT molecular complexity index is 940. The number of ether oxygens (including phenoxy) is 1. The van der Waals surface area contributed by atoms with Gasteiger partial charge in [-0.25, -0.2) is 0 Å². The summed E-state index contributed by atoms with van der Waals surface area (Å²) in [4.78, 5) is 26.6. The molecular weight excluding hydrogens is 376 g/mol. The Morgan fingerprint density at radius 3 is 2.89 bits per heavy atom. The van der Waals surface area contributed by atoms with E-state index in [1.54, 1.807) is 23.6 Å².